The van der Waals surface area contributed by atoms with E-state index in [9.17, 15) is 0 Å². The summed E-state index contributed by atoms with van der Waals surface area (Å²) in [5.74, 6) is 0.534. The van der Waals surface area contributed by atoms with E-state index in [0.717, 1.165) is 17.8 Å². The monoisotopic (exact) mass is 177 g/mol. The van der Waals surface area contributed by atoms with Gasteiger partial charge in [-0.15, -0.1) is 0 Å². The van der Waals surface area contributed by atoms with Crippen LogP contribution in [-0.4, -0.2) is 12.3 Å². The number of allylic oxidation sites excluding steroid dienone is 3. The maximum Gasteiger partial charge on any atom is 0.0637 e. The van der Waals surface area contributed by atoms with Crippen molar-refractivity contribution in [1.82, 2.24) is 0 Å². The maximum absolute atomic E-state index is 4.34. The summed E-state index contributed by atoms with van der Waals surface area (Å²) in [4.78, 5) is 4.34. The van der Waals surface area contributed by atoms with Gasteiger partial charge in [-0.3, -0.25) is 4.99 Å². The quantitative estimate of drug-likeness (QED) is 0.613. The van der Waals surface area contributed by atoms with Gasteiger partial charge < -0.3 is 0 Å². The Morgan fingerprint density at radius 3 is 2.46 bits per heavy atom. The van der Waals surface area contributed by atoms with E-state index in [-0.39, 0.29) is 0 Å². The Hall–Kier alpha value is -1.11. The minimum Gasteiger partial charge on any atom is -0.284 e. The van der Waals surface area contributed by atoms with Crippen LogP contribution in [0, 0.1) is 5.92 Å². The number of dihydropyridines is 1. The lowest BCUT2D eigenvalue weighted by Crippen LogP contribution is -2.09. The van der Waals surface area contributed by atoms with Gasteiger partial charge in [0, 0.05) is 6.54 Å². The zero-order chi connectivity index (χ0) is 10.3. The fourth-order valence-electron chi connectivity index (χ4n) is 1.13. The lowest BCUT2D eigenvalue weighted by Gasteiger charge is -2.13. The van der Waals surface area contributed by atoms with E-state index < -0.39 is 0 Å². The summed E-state index contributed by atoms with van der Waals surface area (Å²) in [5, 5.41) is 0. The Balaban J connectivity index is 0.000000671. The average molecular weight is 177 g/mol. The molecule has 1 heterocycles. The van der Waals surface area contributed by atoms with Crippen LogP contribution in [-0.2, 0) is 0 Å². The molecular formula is C12H19N. The molecule has 0 radical (unpaired) electrons. The molecule has 0 saturated heterocycles. The predicted molar refractivity (Wildman–Crippen MR) is 61.3 cm³/mol. The molecule has 1 aliphatic heterocycles. The molecule has 0 spiro atoms. The van der Waals surface area contributed by atoms with E-state index in [1.807, 2.05) is 19.9 Å². The molecule has 0 N–H and O–H groups in total. The molecule has 1 heteroatoms. The van der Waals surface area contributed by atoms with Crippen LogP contribution >= 0.6 is 0 Å². The SMILES string of the molecule is C=CC1=CC(C)CN=C1C=C.CC. The Morgan fingerprint density at radius 1 is 1.38 bits per heavy atom. The summed E-state index contributed by atoms with van der Waals surface area (Å²) in [6.07, 6.45) is 5.78. The van der Waals surface area contributed by atoms with Gasteiger partial charge in [0.1, 0.15) is 0 Å². The number of hydrogen-bond acceptors (Lipinski definition) is 1. The van der Waals surface area contributed by atoms with Gasteiger partial charge in [0.25, 0.3) is 0 Å². The first-order valence-corrected chi connectivity index (χ1v) is 4.79. The molecule has 1 rings (SSSR count). The van der Waals surface area contributed by atoms with E-state index in [4.69, 9.17) is 0 Å². The predicted octanol–water partition coefficient (Wildman–Crippen LogP) is 3.40. The number of aliphatic imine (C=N–C) groups is 1. The first-order chi connectivity index (χ1) is 6.27. The molecule has 0 aromatic rings. The van der Waals surface area contributed by atoms with Crippen LogP contribution in [0.1, 0.15) is 20.8 Å². The smallest absolute Gasteiger partial charge is 0.0637 e. The van der Waals surface area contributed by atoms with Crippen LogP contribution in [0.3, 0.4) is 0 Å². The van der Waals surface area contributed by atoms with Gasteiger partial charge in [-0.2, -0.15) is 0 Å². The van der Waals surface area contributed by atoms with Crippen LogP contribution in [0.25, 0.3) is 0 Å². The summed E-state index contributed by atoms with van der Waals surface area (Å²) >= 11 is 0. The van der Waals surface area contributed by atoms with Gasteiger partial charge in [0.05, 0.1) is 5.71 Å². The lowest BCUT2D eigenvalue weighted by atomic mass is 10.0. The molecule has 0 aromatic heterocycles. The second-order valence-corrected chi connectivity index (χ2v) is 2.73. The molecule has 72 valence electrons. The summed E-state index contributed by atoms with van der Waals surface area (Å²) in [6.45, 7) is 14.4. The number of nitrogens with zero attached hydrogens (tertiary/aromatic N) is 1. The Kier molecular flexibility index (Phi) is 5.86. The van der Waals surface area contributed by atoms with Crippen molar-refractivity contribution < 1.29 is 0 Å². The topological polar surface area (TPSA) is 12.4 Å². The Labute approximate surface area is 81.6 Å². The van der Waals surface area contributed by atoms with Crippen molar-refractivity contribution in [3.8, 4) is 0 Å². The second kappa shape index (κ2) is 6.41. The van der Waals surface area contributed by atoms with Crippen molar-refractivity contribution in [2.75, 3.05) is 6.54 Å². The van der Waals surface area contributed by atoms with Gasteiger partial charge in [-0.1, -0.05) is 46.1 Å². The minimum absolute atomic E-state index is 0.534. The van der Waals surface area contributed by atoms with Crippen molar-refractivity contribution in [2.45, 2.75) is 20.8 Å². The molecule has 1 aliphatic rings. The fourth-order valence-corrected chi connectivity index (χ4v) is 1.13. The van der Waals surface area contributed by atoms with Gasteiger partial charge in [-0.05, 0) is 17.6 Å². The van der Waals surface area contributed by atoms with Crippen LogP contribution in [0.2, 0.25) is 0 Å². The Bertz CT molecular complexity index is 234. The molecule has 13 heavy (non-hydrogen) atoms. The van der Waals surface area contributed by atoms with E-state index in [2.05, 4.69) is 31.2 Å². The van der Waals surface area contributed by atoms with Gasteiger partial charge in [0.15, 0.2) is 0 Å². The van der Waals surface area contributed by atoms with E-state index >= 15 is 0 Å². The normalized spacial score (nSPS) is 20.4. The van der Waals surface area contributed by atoms with Gasteiger partial charge in [0.2, 0.25) is 0 Å². The van der Waals surface area contributed by atoms with E-state index in [1.54, 1.807) is 6.08 Å². The standard InChI is InChI=1S/C10H13N.C2H6/c1-4-9-6-8(3)7-11-10(9)5-2;1-2/h4-6,8H,1-2,7H2,3H3;1-2H3. The largest absolute Gasteiger partial charge is 0.284 e. The average Bonchev–Trinajstić information content (AvgIpc) is 2.20. The molecular weight excluding hydrogens is 158 g/mol. The molecule has 1 unspecified atom stereocenters. The molecule has 1 atom stereocenters. The van der Waals surface area contributed by atoms with Gasteiger partial charge >= 0.3 is 0 Å². The fraction of sp³-hybridized carbons (Fsp3) is 0.417. The molecule has 0 saturated carbocycles. The van der Waals surface area contributed by atoms with Crippen LogP contribution in [0.4, 0.5) is 0 Å². The molecule has 1 nitrogen and oxygen atoms in total. The highest BCUT2D eigenvalue weighted by Gasteiger charge is 2.08. The zero-order valence-electron chi connectivity index (χ0n) is 8.88. The van der Waals surface area contributed by atoms with Crippen molar-refractivity contribution in [1.29, 1.82) is 0 Å². The molecule has 0 fully saturated rings. The third kappa shape index (κ3) is 3.41. The summed E-state index contributed by atoms with van der Waals surface area (Å²) < 4.78 is 0. The lowest BCUT2D eigenvalue weighted by molar-refractivity contribution is 0.731. The van der Waals surface area contributed by atoms with Crippen LogP contribution in [0.5, 0.6) is 0 Å². The van der Waals surface area contributed by atoms with E-state index in [1.165, 1.54) is 0 Å². The highest BCUT2D eigenvalue weighted by Crippen LogP contribution is 2.13. The second-order valence-electron chi connectivity index (χ2n) is 2.73. The Morgan fingerprint density at radius 2 is 2.00 bits per heavy atom. The molecule has 0 aromatic carbocycles. The maximum atomic E-state index is 4.34. The van der Waals surface area contributed by atoms with Gasteiger partial charge in [-0.25, -0.2) is 0 Å². The van der Waals surface area contributed by atoms with Crippen molar-refractivity contribution in [3.05, 3.63) is 37.0 Å². The number of rotatable bonds is 2. The highest BCUT2D eigenvalue weighted by atomic mass is 14.7. The molecule has 0 bridgehead atoms. The third-order valence-corrected chi connectivity index (χ3v) is 1.72. The first-order valence-electron chi connectivity index (χ1n) is 4.79. The summed E-state index contributed by atoms with van der Waals surface area (Å²) in [5.41, 5.74) is 2.08. The highest BCUT2D eigenvalue weighted by molar-refractivity contribution is 6.10. The summed E-state index contributed by atoms with van der Waals surface area (Å²) in [6, 6.07) is 0. The minimum atomic E-state index is 0.534. The van der Waals surface area contributed by atoms with Crippen molar-refractivity contribution in [2.24, 2.45) is 10.9 Å². The third-order valence-electron chi connectivity index (χ3n) is 1.72. The van der Waals surface area contributed by atoms with Crippen LogP contribution in [0.15, 0.2) is 42.0 Å². The summed E-state index contributed by atoms with van der Waals surface area (Å²) in [7, 11) is 0. The number of hydrogen-bond donors (Lipinski definition) is 0. The van der Waals surface area contributed by atoms with E-state index in [0.29, 0.717) is 5.92 Å². The molecule has 0 amide bonds. The zero-order valence-corrected chi connectivity index (χ0v) is 8.88. The molecule has 0 aliphatic carbocycles. The first kappa shape index (κ1) is 11.9. The van der Waals surface area contributed by atoms with Crippen molar-refractivity contribution in [3.63, 3.8) is 0 Å². The van der Waals surface area contributed by atoms with Crippen LogP contribution < -0.4 is 0 Å². The van der Waals surface area contributed by atoms with Crippen molar-refractivity contribution >= 4 is 5.71 Å².